The molecule has 1 saturated heterocycles. The second kappa shape index (κ2) is 6.22. The topological polar surface area (TPSA) is 40.5 Å². The van der Waals surface area contributed by atoms with Gasteiger partial charge in [0.25, 0.3) is 0 Å². The Morgan fingerprint density at radius 2 is 2.26 bits per heavy atom. The van der Waals surface area contributed by atoms with Gasteiger partial charge in [-0.05, 0) is 37.0 Å². The molecular weight excluding hydrogens is 262 g/mol. The van der Waals surface area contributed by atoms with E-state index in [4.69, 9.17) is 11.6 Å². The van der Waals surface area contributed by atoms with E-state index in [2.05, 4.69) is 0 Å². The summed E-state index contributed by atoms with van der Waals surface area (Å²) in [5.41, 5.74) is 1.72. The van der Waals surface area contributed by atoms with E-state index in [-0.39, 0.29) is 18.6 Å². The number of hydrogen-bond acceptors (Lipinski definition) is 2. The molecule has 1 N–H and O–H groups in total. The van der Waals surface area contributed by atoms with E-state index < -0.39 is 0 Å². The van der Waals surface area contributed by atoms with Crippen LogP contribution in [0.1, 0.15) is 25.3 Å². The van der Waals surface area contributed by atoms with E-state index in [1.165, 1.54) is 0 Å². The van der Waals surface area contributed by atoms with Gasteiger partial charge in [-0.1, -0.05) is 29.8 Å². The van der Waals surface area contributed by atoms with Crippen LogP contribution in [-0.4, -0.2) is 35.1 Å². The molecule has 1 aromatic rings. The summed E-state index contributed by atoms with van der Waals surface area (Å²) < 4.78 is 0. The summed E-state index contributed by atoms with van der Waals surface area (Å²) in [6, 6.07) is 7.43. The first kappa shape index (κ1) is 14.1. The lowest BCUT2D eigenvalue weighted by atomic mass is 10.1. The number of rotatable bonds is 3. The highest BCUT2D eigenvalue weighted by Gasteiger charge is 2.26. The third-order valence-electron chi connectivity index (χ3n) is 3.51. The third-order valence-corrected chi connectivity index (χ3v) is 3.84. The van der Waals surface area contributed by atoms with Gasteiger partial charge in [0.15, 0.2) is 0 Å². The number of halogens is 1. The summed E-state index contributed by atoms with van der Waals surface area (Å²) in [6.45, 7) is 2.63. The van der Waals surface area contributed by atoms with Crippen LogP contribution >= 0.6 is 11.6 Å². The Hall–Kier alpha value is -1.32. The Morgan fingerprint density at radius 3 is 2.95 bits per heavy atom. The van der Waals surface area contributed by atoms with Crippen LogP contribution < -0.4 is 0 Å². The zero-order chi connectivity index (χ0) is 13.8. The highest BCUT2D eigenvalue weighted by atomic mass is 35.5. The molecule has 1 amide bonds. The molecule has 0 spiro atoms. The Bertz CT molecular complexity index is 499. The van der Waals surface area contributed by atoms with Crippen LogP contribution in [-0.2, 0) is 4.79 Å². The van der Waals surface area contributed by atoms with E-state index in [1.54, 1.807) is 11.0 Å². The number of allylic oxidation sites excluding steroid dienone is 1. The first-order valence-electron chi connectivity index (χ1n) is 6.48. The number of carbonyl (C=O) groups excluding carboxylic acids is 1. The van der Waals surface area contributed by atoms with E-state index in [0.717, 1.165) is 30.5 Å². The van der Waals surface area contributed by atoms with Crippen molar-refractivity contribution >= 4 is 23.1 Å². The summed E-state index contributed by atoms with van der Waals surface area (Å²) in [6.07, 6.45) is 3.44. The Balaban J connectivity index is 2.17. The van der Waals surface area contributed by atoms with Crippen molar-refractivity contribution in [3.8, 4) is 0 Å². The summed E-state index contributed by atoms with van der Waals surface area (Å²) >= 11 is 6.11. The molecule has 0 saturated carbocycles. The van der Waals surface area contributed by atoms with Crippen LogP contribution in [0.25, 0.3) is 5.57 Å². The second-order valence-electron chi connectivity index (χ2n) is 4.82. The predicted molar refractivity (Wildman–Crippen MR) is 76.9 cm³/mol. The van der Waals surface area contributed by atoms with Crippen molar-refractivity contribution in [1.82, 2.24) is 4.90 Å². The van der Waals surface area contributed by atoms with Gasteiger partial charge >= 0.3 is 0 Å². The monoisotopic (exact) mass is 279 g/mol. The number of amides is 1. The molecule has 0 aromatic heterocycles. The van der Waals surface area contributed by atoms with Crippen molar-refractivity contribution < 1.29 is 9.90 Å². The van der Waals surface area contributed by atoms with Crippen molar-refractivity contribution in [3.63, 3.8) is 0 Å². The normalized spacial score (nSPS) is 19.8. The molecule has 1 aromatic carbocycles. The quantitative estimate of drug-likeness (QED) is 0.865. The number of aliphatic hydroxyl groups excluding tert-OH is 1. The van der Waals surface area contributed by atoms with Crippen molar-refractivity contribution in [3.05, 3.63) is 40.9 Å². The molecule has 1 heterocycles. The highest BCUT2D eigenvalue weighted by molar-refractivity contribution is 6.32. The maximum Gasteiger partial charge on any atom is 0.247 e. The van der Waals surface area contributed by atoms with Gasteiger partial charge in [-0.15, -0.1) is 0 Å². The van der Waals surface area contributed by atoms with Crippen molar-refractivity contribution in [2.45, 2.75) is 25.8 Å². The number of aliphatic hydroxyl groups is 1. The van der Waals surface area contributed by atoms with Gasteiger partial charge in [-0.2, -0.15) is 0 Å². The van der Waals surface area contributed by atoms with Gasteiger partial charge in [0.05, 0.1) is 12.6 Å². The van der Waals surface area contributed by atoms with Crippen molar-refractivity contribution in [2.24, 2.45) is 0 Å². The summed E-state index contributed by atoms with van der Waals surface area (Å²) in [5.74, 6) is -0.0473. The van der Waals surface area contributed by atoms with Crippen LogP contribution in [0.4, 0.5) is 0 Å². The van der Waals surface area contributed by atoms with E-state index in [1.807, 2.05) is 31.2 Å². The number of likely N-dealkylation sites (tertiary alicyclic amines) is 1. The Morgan fingerprint density at radius 1 is 1.53 bits per heavy atom. The minimum atomic E-state index is -0.0473. The molecule has 1 aliphatic heterocycles. The van der Waals surface area contributed by atoms with Crippen molar-refractivity contribution in [1.29, 1.82) is 0 Å². The third kappa shape index (κ3) is 3.17. The molecule has 0 aliphatic carbocycles. The molecule has 0 bridgehead atoms. The highest BCUT2D eigenvalue weighted by Crippen LogP contribution is 2.24. The van der Waals surface area contributed by atoms with E-state index in [0.29, 0.717) is 5.02 Å². The van der Waals surface area contributed by atoms with Crippen LogP contribution in [0.3, 0.4) is 0 Å². The molecule has 1 fully saturated rings. The molecule has 2 rings (SSSR count). The fraction of sp³-hybridized carbons (Fsp3) is 0.400. The first-order chi connectivity index (χ1) is 9.13. The lowest BCUT2D eigenvalue weighted by Gasteiger charge is -2.21. The predicted octanol–water partition coefficient (Wildman–Crippen LogP) is 2.73. The number of benzene rings is 1. The maximum absolute atomic E-state index is 12.2. The average Bonchev–Trinajstić information content (AvgIpc) is 2.87. The Kier molecular flexibility index (Phi) is 4.61. The molecule has 1 atom stereocenters. The van der Waals surface area contributed by atoms with Gasteiger partial charge in [-0.3, -0.25) is 4.79 Å². The van der Waals surface area contributed by atoms with Crippen molar-refractivity contribution in [2.75, 3.05) is 13.2 Å². The molecule has 0 unspecified atom stereocenters. The summed E-state index contributed by atoms with van der Waals surface area (Å²) in [7, 11) is 0. The minimum Gasteiger partial charge on any atom is -0.394 e. The van der Waals surface area contributed by atoms with Gasteiger partial charge < -0.3 is 10.0 Å². The maximum atomic E-state index is 12.2. The lowest BCUT2D eigenvalue weighted by Crippen LogP contribution is -2.36. The smallest absolute Gasteiger partial charge is 0.247 e. The van der Waals surface area contributed by atoms with Gasteiger partial charge in [-0.25, -0.2) is 0 Å². The average molecular weight is 280 g/mol. The van der Waals surface area contributed by atoms with Crippen LogP contribution in [0.5, 0.6) is 0 Å². The number of nitrogens with zero attached hydrogens (tertiary/aromatic N) is 1. The minimum absolute atomic E-state index is 0.0325. The van der Waals surface area contributed by atoms with Gasteiger partial charge in [0.1, 0.15) is 0 Å². The zero-order valence-electron chi connectivity index (χ0n) is 11.0. The molecule has 3 nitrogen and oxygen atoms in total. The Labute approximate surface area is 118 Å². The van der Waals surface area contributed by atoms with Gasteiger partial charge in [0.2, 0.25) is 5.91 Å². The lowest BCUT2D eigenvalue weighted by molar-refractivity contribution is -0.127. The number of hydrogen-bond donors (Lipinski definition) is 1. The van der Waals surface area contributed by atoms with Crippen LogP contribution in [0.15, 0.2) is 30.3 Å². The fourth-order valence-electron chi connectivity index (χ4n) is 2.44. The summed E-state index contributed by atoms with van der Waals surface area (Å²) in [4.78, 5) is 13.9. The first-order valence-corrected chi connectivity index (χ1v) is 6.86. The van der Waals surface area contributed by atoms with E-state index >= 15 is 0 Å². The second-order valence-corrected chi connectivity index (χ2v) is 5.22. The number of carbonyl (C=O) groups is 1. The van der Waals surface area contributed by atoms with E-state index in [9.17, 15) is 9.90 Å². The zero-order valence-corrected chi connectivity index (χ0v) is 11.7. The van der Waals surface area contributed by atoms with Crippen LogP contribution in [0, 0.1) is 0 Å². The molecule has 19 heavy (non-hydrogen) atoms. The largest absolute Gasteiger partial charge is 0.394 e. The summed E-state index contributed by atoms with van der Waals surface area (Å²) in [5, 5.41) is 9.89. The molecule has 102 valence electrons. The standard InChI is InChI=1S/C15H18ClNO2/c1-11(13-6-2-3-7-14(13)16)9-15(19)17-8-4-5-12(17)10-18/h2-3,6-7,9,12,18H,4-5,8,10H2,1H3/b11-9-/t12-/m1/s1. The molecular formula is C15H18ClNO2. The van der Waals surface area contributed by atoms with Crippen LogP contribution in [0.2, 0.25) is 5.02 Å². The molecule has 1 aliphatic rings. The molecule has 4 heteroatoms. The molecule has 0 radical (unpaired) electrons. The SMILES string of the molecule is C/C(=C/C(=O)N1CCC[C@@H]1CO)c1ccccc1Cl. The van der Waals surface area contributed by atoms with Gasteiger partial charge in [0, 0.05) is 17.6 Å². The fourth-order valence-corrected chi connectivity index (χ4v) is 2.73.